The fourth-order valence-electron chi connectivity index (χ4n) is 3.42. The predicted octanol–water partition coefficient (Wildman–Crippen LogP) is 4.74. The molecule has 0 saturated carbocycles. The van der Waals surface area contributed by atoms with Gasteiger partial charge in [-0.15, -0.1) is 0 Å². The van der Waals surface area contributed by atoms with Gasteiger partial charge in [0.1, 0.15) is 30.4 Å². The van der Waals surface area contributed by atoms with E-state index in [4.69, 9.17) is 14.2 Å². The lowest BCUT2D eigenvalue weighted by molar-refractivity contribution is -0.151. The molecule has 0 aromatic heterocycles. The summed E-state index contributed by atoms with van der Waals surface area (Å²) in [4.78, 5) is 0. The van der Waals surface area contributed by atoms with Crippen LogP contribution in [0.3, 0.4) is 0 Å². The summed E-state index contributed by atoms with van der Waals surface area (Å²) < 4.78 is 31.1. The van der Waals surface area contributed by atoms with Crippen molar-refractivity contribution in [1.29, 1.82) is 0 Å². The molecule has 4 nitrogen and oxygen atoms in total. The van der Waals surface area contributed by atoms with E-state index in [1.165, 1.54) is 12.1 Å². The summed E-state index contributed by atoms with van der Waals surface area (Å²) in [7, 11) is 0. The van der Waals surface area contributed by atoms with Crippen molar-refractivity contribution in [2.75, 3.05) is 6.61 Å². The Morgan fingerprint density at radius 1 is 1.11 bits per heavy atom. The van der Waals surface area contributed by atoms with Crippen LogP contribution in [0.5, 0.6) is 5.75 Å². The molecule has 0 aliphatic carbocycles. The number of rotatable bonds is 5. The SMILES string of the molecule is CC1(C)OC[C@H](C(O)c2cc(F)cc(OCc3ccc4ccccc4c3)c2)O1. The third-order valence-corrected chi connectivity index (χ3v) is 4.84. The minimum Gasteiger partial charge on any atom is -0.489 e. The summed E-state index contributed by atoms with van der Waals surface area (Å²) in [6, 6.07) is 18.4. The number of hydrogen-bond donors (Lipinski definition) is 1. The highest BCUT2D eigenvalue weighted by Gasteiger charge is 2.37. The first-order chi connectivity index (χ1) is 13.4. The molecule has 4 rings (SSSR count). The van der Waals surface area contributed by atoms with Gasteiger partial charge < -0.3 is 19.3 Å². The molecule has 1 aliphatic heterocycles. The number of halogens is 1. The highest BCUT2D eigenvalue weighted by molar-refractivity contribution is 5.82. The zero-order valence-corrected chi connectivity index (χ0v) is 15.9. The summed E-state index contributed by atoms with van der Waals surface area (Å²) in [6.07, 6.45) is -1.55. The van der Waals surface area contributed by atoms with E-state index in [1.54, 1.807) is 19.9 Å². The lowest BCUT2D eigenvalue weighted by Crippen LogP contribution is -2.25. The quantitative estimate of drug-likeness (QED) is 0.692. The number of aliphatic hydroxyl groups is 1. The third-order valence-electron chi connectivity index (χ3n) is 4.84. The van der Waals surface area contributed by atoms with Crippen molar-refractivity contribution in [2.45, 2.75) is 38.4 Å². The molecule has 2 atom stereocenters. The molecule has 146 valence electrons. The Labute approximate surface area is 163 Å². The second-order valence-electron chi connectivity index (χ2n) is 7.50. The first kappa shape index (κ1) is 18.9. The fraction of sp³-hybridized carbons (Fsp3) is 0.304. The Kier molecular flexibility index (Phi) is 5.06. The van der Waals surface area contributed by atoms with E-state index >= 15 is 0 Å². The van der Waals surface area contributed by atoms with Crippen LogP contribution >= 0.6 is 0 Å². The Hall–Kier alpha value is -2.47. The Balaban J connectivity index is 1.48. The molecule has 0 amide bonds. The second-order valence-corrected chi connectivity index (χ2v) is 7.50. The smallest absolute Gasteiger partial charge is 0.163 e. The molecule has 0 radical (unpaired) electrons. The Morgan fingerprint density at radius 3 is 2.64 bits per heavy atom. The number of hydrogen-bond acceptors (Lipinski definition) is 4. The van der Waals surface area contributed by atoms with E-state index in [0.29, 0.717) is 17.9 Å². The van der Waals surface area contributed by atoms with Crippen molar-refractivity contribution < 1.29 is 23.7 Å². The van der Waals surface area contributed by atoms with Crippen LogP contribution in [0.1, 0.15) is 31.1 Å². The van der Waals surface area contributed by atoms with Crippen molar-refractivity contribution in [3.63, 3.8) is 0 Å². The van der Waals surface area contributed by atoms with E-state index in [9.17, 15) is 9.50 Å². The van der Waals surface area contributed by atoms with E-state index in [2.05, 4.69) is 12.1 Å². The van der Waals surface area contributed by atoms with Crippen LogP contribution in [0.2, 0.25) is 0 Å². The summed E-state index contributed by atoms with van der Waals surface area (Å²) in [6.45, 7) is 4.12. The lowest BCUT2D eigenvalue weighted by atomic mass is 10.0. The summed E-state index contributed by atoms with van der Waals surface area (Å²) in [5.41, 5.74) is 1.39. The first-order valence-electron chi connectivity index (χ1n) is 9.30. The van der Waals surface area contributed by atoms with Gasteiger partial charge in [0.05, 0.1) is 6.61 Å². The van der Waals surface area contributed by atoms with Gasteiger partial charge in [-0.05, 0) is 53.9 Å². The molecule has 1 aliphatic rings. The molecule has 1 unspecified atom stereocenters. The van der Waals surface area contributed by atoms with E-state index in [1.807, 2.05) is 30.3 Å². The second kappa shape index (κ2) is 7.51. The maximum Gasteiger partial charge on any atom is 0.163 e. The molecule has 0 spiro atoms. The maximum absolute atomic E-state index is 14.1. The van der Waals surface area contributed by atoms with Gasteiger partial charge in [-0.3, -0.25) is 0 Å². The van der Waals surface area contributed by atoms with Crippen molar-refractivity contribution in [1.82, 2.24) is 0 Å². The Morgan fingerprint density at radius 2 is 1.89 bits per heavy atom. The molecule has 28 heavy (non-hydrogen) atoms. The van der Waals surface area contributed by atoms with Crippen LogP contribution in [0, 0.1) is 5.82 Å². The van der Waals surface area contributed by atoms with Gasteiger partial charge in [-0.1, -0.05) is 36.4 Å². The topological polar surface area (TPSA) is 47.9 Å². The van der Waals surface area contributed by atoms with Crippen LogP contribution in [0.15, 0.2) is 60.7 Å². The maximum atomic E-state index is 14.1. The number of ether oxygens (including phenoxy) is 3. The number of aliphatic hydroxyl groups excluding tert-OH is 1. The molecule has 1 N–H and O–H groups in total. The standard InChI is InChI=1S/C23H23FO4/c1-23(2)27-14-21(28-23)22(25)18-10-19(24)12-20(11-18)26-13-15-7-8-16-5-3-4-6-17(16)9-15/h3-12,21-22,25H,13-14H2,1-2H3/t21-,22?/m1/s1. The fourth-order valence-corrected chi connectivity index (χ4v) is 3.42. The molecular formula is C23H23FO4. The molecule has 5 heteroatoms. The average molecular weight is 382 g/mol. The highest BCUT2D eigenvalue weighted by atomic mass is 19.1. The molecule has 3 aromatic carbocycles. The van der Waals surface area contributed by atoms with Crippen molar-refractivity contribution in [3.8, 4) is 5.75 Å². The highest BCUT2D eigenvalue weighted by Crippen LogP contribution is 2.32. The van der Waals surface area contributed by atoms with Crippen molar-refractivity contribution >= 4 is 10.8 Å². The zero-order valence-electron chi connectivity index (χ0n) is 15.9. The summed E-state index contributed by atoms with van der Waals surface area (Å²) >= 11 is 0. The lowest BCUT2D eigenvalue weighted by Gasteiger charge is -2.21. The summed E-state index contributed by atoms with van der Waals surface area (Å²) in [5, 5.41) is 12.9. The molecule has 0 bridgehead atoms. The van der Waals surface area contributed by atoms with Crippen LogP contribution in [-0.2, 0) is 16.1 Å². The first-order valence-corrected chi connectivity index (χ1v) is 9.30. The molecule has 1 saturated heterocycles. The minimum absolute atomic E-state index is 0.248. The number of benzene rings is 3. The van der Waals surface area contributed by atoms with Gasteiger partial charge >= 0.3 is 0 Å². The van der Waals surface area contributed by atoms with Gasteiger partial charge in [0, 0.05) is 6.07 Å². The van der Waals surface area contributed by atoms with Crippen LogP contribution in [0.25, 0.3) is 10.8 Å². The number of fused-ring (bicyclic) bond motifs is 1. The van der Waals surface area contributed by atoms with Crippen LogP contribution in [-0.4, -0.2) is 23.6 Å². The van der Waals surface area contributed by atoms with E-state index < -0.39 is 23.8 Å². The monoisotopic (exact) mass is 382 g/mol. The van der Waals surface area contributed by atoms with Gasteiger partial charge in [-0.25, -0.2) is 4.39 Å². The molecular weight excluding hydrogens is 359 g/mol. The van der Waals surface area contributed by atoms with Crippen molar-refractivity contribution in [3.05, 3.63) is 77.6 Å². The zero-order chi connectivity index (χ0) is 19.7. The van der Waals surface area contributed by atoms with Crippen LogP contribution < -0.4 is 4.74 Å². The molecule has 1 heterocycles. The van der Waals surface area contributed by atoms with E-state index in [-0.39, 0.29) is 6.61 Å². The van der Waals surface area contributed by atoms with Gasteiger partial charge in [0.15, 0.2) is 5.79 Å². The molecule has 1 fully saturated rings. The largest absolute Gasteiger partial charge is 0.489 e. The van der Waals surface area contributed by atoms with Gasteiger partial charge in [-0.2, -0.15) is 0 Å². The molecule has 3 aromatic rings. The minimum atomic E-state index is -1.000. The Bertz CT molecular complexity index is 985. The van der Waals surface area contributed by atoms with Crippen molar-refractivity contribution in [2.24, 2.45) is 0 Å². The van der Waals surface area contributed by atoms with Gasteiger partial charge in [0.25, 0.3) is 0 Å². The summed E-state index contributed by atoms with van der Waals surface area (Å²) in [5.74, 6) is -0.863. The normalized spacial score (nSPS) is 19.6. The van der Waals surface area contributed by atoms with Crippen LogP contribution in [0.4, 0.5) is 4.39 Å². The van der Waals surface area contributed by atoms with E-state index in [0.717, 1.165) is 16.3 Å². The average Bonchev–Trinajstić information content (AvgIpc) is 3.05. The van der Waals surface area contributed by atoms with Gasteiger partial charge in [0.2, 0.25) is 0 Å². The predicted molar refractivity (Wildman–Crippen MR) is 105 cm³/mol. The third kappa shape index (κ3) is 4.17.